The fraction of sp³-hybridized carbons (Fsp3) is 0.619. The minimum atomic E-state index is -0.0591. The molecule has 9 nitrogen and oxygen atoms in total. The molecule has 1 N–H and O–H groups in total. The lowest BCUT2D eigenvalue weighted by Gasteiger charge is -2.44. The normalized spacial score (nSPS) is 19.9. The SMILES string of the molecule is CCCCN1CCN(C(=O)C2CN(c3c4c(nc5ccnn35)CNCC4)C2)CC1=O. The highest BCUT2D eigenvalue weighted by atomic mass is 16.2. The molecule has 2 amide bonds. The van der Waals surface area contributed by atoms with Crippen molar-refractivity contribution in [3.05, 3.63) is 23.5 Å². The molecule has 2 fully saturated rings. The van der Waals surface area contributed by atoms with Gasteiger partial charge in [-0.15, -0.1) is 0 Å². The van der Waals surface area contributed by atoms with E-state index in [1.54, 1.807) is 11.1 Å². The molecule has 0 unspecified atom stereocenters. The lowest BCUT2D eigenvalue weighted by molar-refractivity contribution is -0.148. The van der Waals surface area contributed by atoms with Crippen LogP contribution in [0.25, 0.3) is 5.65 Å². The largest absolute Gasteiger partial charge is 0.354 e. The second-order valence-electron chi connectivity index (χ2n) is 8.48. The van der Waals surface area contributed by atoms with E-state index in [1.165, 1.54) is 5.56 Å². The molecule has 5 rings (SSSR count). The maximum Gasteiger partial charge on any atom is 0.242 e. The Bertz CT molecular complexity index is 966. The summed E-state index contributed by atoms with van der Waals surface area (Å²) >= 11 is 0. The second-order valence-corrected chi connectivity index (χ2v) is 8.48. The standard InChI is InChI=1S/C21H29N7O2/c1-2-3-8-25-9-10-26(14-19(25)29)21(30)15-12-27(13-15)20-16-4-6-22-11-17(16)24-18-5-7-23-28(18)20/h5,7,15,22H,2-4,6,8-14H2,1H3. The van der Waals surface area contributed by atoms with Crippen LogP contribution >= 0.6 is 0 Å². The zero-order valence-corrected chi connectivity index (χ0v) is 17.5. The molecule has 0 aromatic carbocycles. The summed E-state index contributed by atoms with van der Waals surface area (Å²) in [5, 5.41) is 7.86. The van der Waals surface area contributed by atoms with Crippen molar-refractivity contribution in [1.82, 2.24) is 29.7 Å². The van der Waals surface area contributed by atoms with Gasteiger partial charge in [0.25, 0.3) is 0 Å². The molecule has 30 heavy (non-hydrogen) atoms. The maximum absolute atomic E-state index is 13.0. The number of carbonyl (C=O) groups excluding carboxylic acids is 2. The Hall–Kier alpha value is -2.68. The average Bonchev–Trinajstić information content (AvgIpc) is 3.19. The van der Waals surface area contributed by atoms with Crippen LogP contribution in [0.3, 0.4) is 0 Å². The summed E-state index contributed by atoms with van der Waals surface area (Å²) in [4.78, 5) is 36.0. The number of unbranched alkanes of at least 4 members (excludes halogenated alkanes) is 1. The van der Waals surface area contributed by atoms with E-state index in [0.717, 1.165) is 56.1 Å². The Morgan fingerprint density at radius 2 is 2.17 bits per heavy atom. The van der Waals surface area contributed by atoms with Gasteiger partial charge in [0.1, 0.15) is 5.82 Å². The molecule has 0 radical (unpaired) electrons. The molecular weight excluding hydrogens is 382 g/mol. The minimum Gasteiger partial charge on any atom is -0.354 e. The van der Waals surface area contributed by atoms with Gasteiger partial charge in [-0.1, -0.05) is 13.3 Å². The van der Waals surface area contributed by atoms with E-state index in [0.29, 0.717) is 26.2 Å². The molecule has 0 spiro atoms. The van der Waals surface area contributed by atoms with E-state index in [-0.39, 0.29) is 24.3 Å². The summed E-state index contributed by atoms with van der Waals surface area (Å²) in [7, 11) is 0. The molecular formula is C21H29N7O2. The highest BCUT2D eigenvalue weighted by Gasteiger charge is 2.40. The predicted molar refractivity (Wildman–Crippen MR) is 112 cm³/mol. The monoisotopic (exact) mass is 411 g/mol. The Labute approximate surface area is 176 Å². The number of piperazine rings is 1. The van der Waals surface area contributed by atoms with Crippen LogP contribution in [-0.4, -0.2) is 82.0 Å². The number of nitrogens with zero attached hydrogens (tertiary/aromatic N) is 6. The van der Waals surface area contributed by atoms with Gasteiger partial charge in [0, 0.05) is 50.9 Å². The van der Waals surface area contributed by atoms with Gasteiger partial charge >= 0.3 is 0 Å². The van der Waals surface area contributed by atoms with Gasteiger partial charge in [-0.05, 0) is 19.4 Å². The number of aromatic nitrogens is 3. The van der Waals surface area contributed by atoms with Crippen LogP contribution < -0.4 is 10.2 Å². The first kappa shape index (κ1) is 19.3. The van der Waals surface area contributed by atoms with Gasteiger partial charge in [-0.3, -0.25) is 9.59 Å². The molecule has 2 aromatic rings. The van der Waals surface area contributed by atoms with Crippen LogP contribution in [0.2, 0.25) is 0 Å². The van der Waals surface area contributed by atoms with E-state index in [4.69, 9.17) is 4.98 Å². The molecule has 160 valence electrons. The van der Waals surface area contributed by atoms with Crippen LogP contribution in [0.15, 0.2) is 12.3 Å². The fourth-order valence-electron chi connectivity index (χ4n) is 4.70. The quantitative estimate of drug-likeness (QED) is 0.761. The molecule has 2 saturated heterocycles. The lowest BCUT2D eigenvalue weighted by Crippen LogP contribution is -2.59. The topological polar surface area (TPSA) is 86.1 Å². The Kier molecular flexibility index (Phi) is 5.06. The molecule has 2 aromatic heterocycles. The number of hydrogen-bond acceptors (Lipinski definition) is 6. The summed E-state index contributed by atoms with van der Waals surface area (Å²) < 4.78 is 1.90. The van der Waals surface area contributed by atoms with Crippen molar-refractivity contribution in [1.29, 1.82) is 0 Å². The van der Waals surface area contributed by atoms with Crippen LogP contribution in [0.5, 0.6) is 0 Å². The number of fused-ring (bicyclic) bond motifs is 2. The minimum absolute atomic E-state index is 0.0591. The smallest absolute Gasteiger partial charge is 0.242 e. The molecule has 3 aliphatic heterocycles. The first-order chi connectivity index (χ1) is 14.7. The summed E-state index contributed by atoms with van der Waals surface area (Å²) in [6.07, 6.45) is 4.78. The highest BCUT2D eigenvalue weighted by Crippen LogP contribution is 2.32. The van der Waals surface area contributed by atoms with Gasteiger partial charge in [0.05, 0.1) is 24.4 Å². The van der Waals surface area contributed by atoms with Crippen molar-refractivity contribution in [2.75, 3.05) is 50.7 Å². The highest BCUT2D eigenvalue weighted by molar-refractivity contribution is 5.88. The third kappa shape index (κ3) is 3.30. The van der Waals surface area contributed by atoms with Gasteiger partial charge in [-0.25, -0.2) is 4.98 Å². The summed E-state index contributed by atoms with van der Waals surface area (Å²) in [6.45, 7) is 7.48. The first-order valence-corrected chi connectivity index (χ1v) is 11.0. The Morgan fingerprint density at radius 1 is 1.30 bits per heavy atom. The van der Waals surface area contributed by atoms with Crippen molar-refractivity contribution >= 4 is 23.3 Å². The van der Waals surface area contributed by atoms with Gasteiger partial charge in [-0.2, -0.15) is 9.61 Å². The maximum atomic E-state index is 13.0. The third-order valence-corrected chi connectivity index (χ3v) is 6.48. The van der Waals surface area contributed by atoms with Gasteiger partial charge in [0.15, 0.2) is 5.65 Å². The van der Waals surface area contributed by atoms with Crippen LogP contribution in [-0.2, 0) is 22.6 Å². The van der Waals surface area contributed by atoms with E-state index in [9.17, 15) is 9.59 Å². The van der Waals surface area contributed by atoms with Crippen molar-refractivity contribution in [3.63, 3.8) is 0 Å². The third-order valence-electron chi connectivity index (χ3n) is 6.48. The number of hydrogen-bond donors (Lipinski definition) is 1. The number of nitrogens with one attached hydrogen (secondary N) is 1. The predicted octanol–water partition coefficient (Wildman–Crippen LogP) is 0.282. The number of anilines is 1. The Balaban J connectivity index is 1.27. The molecule has 9 heteroatoms. The van der Waals surface area contributed by atoms with Crippen LogP contribution in [0.1, 0.15) is 31.0 Å². The first-order valence-electron chi connectivity index (χ1n) is 11.0. The second kappa shape index (κ2) is 7.86. The van der Waals surface area contributed by atoms with E-state index < -0.39 is 0 Å². The van der Waals surface area contributed by atoms with E-state index in [1.807, 2.05) is 15.5 Å². The summed E-state index contributed by atoms with van der Waals surface area (Å²) in [5.74, 6) is 1.20. The molecule has 0 saturated carbocycles. The molecule has 0 aliphatic carbocycles. The number of rotatable bonds is 5. The van der Waals surface area contributed by atoms with E-state index >= 15 is 0 Å². The summed E-state index contributed by atoms with van der Waals surface area (Å²) in [6, 6.07) is 1.92. The van der Waals surface area contributed by atoms with Crippen molar-refractivity contribution < 1.29 is 9.59 Å². The Morgan fingerprint density at radius 3 is 2.97 bits per heavy atom. The molecule has 0 bridgehead atoms. The molecule has 0 atom stereocenters. The van der Waals surface area contributed by atoms with Crippen LogP contribution in [0, 0.1) is 5.92 Å². The molecule has 5 heterocycles. The fourth-order valence-corrected chi connectivity index (χ4v) is 4.70. The van der Waals surface area contributed by atoms with Gasteiger partial charge in [0.2, 0.25) is 11.8 Å². The van der Waals surface area contributed by atoms with Gasteiger partial charge < -0.3 is 20.0 Å². The van der Waals surface area contributed by atoms with E-state index in [2.05, 4.69) is 22.2 Å². The molecule has 3 aliphatic rings. The summed E-state index contributed by atoms with van der Waals surface area (Å²) in [5.41, 5.74) is 3.15. The van der Waals surface area contributed by atoms with Crippen molar-refractivity contribution in [2.45, 2.75) is 32.7 Å². The zero-order chi connectivity index (χ0) is 20.7. The zero-order valence-electron chi connectivity index (χ0n) is 17.5. The number of carbonyl (C=O) groups is 2. The average molecular weight is 412 g/mol. The van der Waals surface area contributed by atoms with Crippen LogP contribution in [0.4, 0.5) is 5.82 Å². The van der Waals surface area contributed by atoms with Crippen molar-refractivity contribution in [2.24, 2.45) is 5.92 Å². The lowest BCUT2D eigenvalue weighted by atomic mass is 9.96. The van der Waals surface area contributed by atoms with Crippen molar-refractivity contribution in [3.8, 4) is 0 Å². The number of amides is 2.